The van der Waals surface area contributed by atoms with E-state index in [-0.39, 0.29) is 5.91 Å². The van der Waals surface area contributed by atoms with Gasteiger partial charge in [0.1, 0.15) is 0 Å². The molecule has 25 heavy (non-hydrogen) atoms. The van der Waals surface area contributed by atoms with Gasteiger partial charge in [0.2, 0.25) is 5.91 Å². The molecule has 2 aromatic carbocycles. The Morgan fingerprint density at radius 2 is 1.44 bits per heavy atom. The van der Waals surface area contributed by atoms with Crippen LogP contribution in [0.3, 0.4) is 0 Å². The number of aliphatic carboxylic acids is 1. The van der Waals surface area contributed by atoms with Gasteiger partial charge in [0.05, 0.1) is 11.4 Å². The summed E-state index contributed by atoms with van der Waals surface area (Å²) in [7, 11) is 0. The SMILES string of the molecule is O=C([O-])[C@H]1CCCC[C@H]1C(=O)Nc1ccccc1Nc1ccccc1. The Morgan fingerprint density at radius 1 is 0.840 bits per heavy atom. The first kappa shape index (κ1) is 17.0. The van der Waals surface area contributed by atoms with Crippen molar-refractivity contribution in [2.45, 2.75) is 25.7 Å². The van der Waals surface area contributed by atoms with Crippen molar-refractivity contribution in [3.05, 3.63) is 54.6 Å². The van der Waals surface area contributed by atoms with E-state index in [4.69, 9.17) is 0 Å². The summed E-state index contributed by atoms with van der Waals surface area (Å²) >= 11 is 0. The van der Waals surface area contributed by atoms with Gasteiger partial charge in [0.25, 0.3) is 0 Å². The summed E-state index contributed by atoms with van der Waals surface area (Å²) in [5.41, 5.74) is 2.32. The predicted octanol–water partition coefficient (Wildman–Crippen LogP) is 2.92. The van der Waals surface area contributed by atoms with Gasteiger partial charge in [-0.05, 0) is 37.1 Å². The van der Waals surface area contributed by atoms with Gasteiger partial charge in [-0.3, -0.25) is 4.79 Å². The molecule has 1 aliphatic rings. The Bertz CT molecular complexity index is 746. The van der Waals surface area contributed by atoms with E-state index in [1.165, 1.54) is 0 Å². The van der Waals surface area contributed by atoms with E-state index < -0.39 is 17.8 Å². The molecule has 1 aliphatic carbocycles. The molecule has 0 saturated heterocycles. The molecular weight excluding hydrogens is 316 g/mol. The number of amides is 1. The van der Waals surface area contributed by atoms with Crippen molar-refractivity contribution in [3.63, 3.8) is 0 Å². The number of rotatable bonds is 5. The number of nitrogens with one attached hydrogen (secondary N) is 2. The molecule has 0 heterocycles. The Labute approximate surface area is 147 Å². The molecule has 0 spiro atoms. The Kier molecular flexibility index (Phi) is 5.33. The van der Waals surface area contributed by atoms with Crippen LogP contribution in [0.15, 0.2) is 54.6 Å². The van der Waals surface area contributed by atoms with E-state index in [0.29, 0.717) is 18.5 Å². The van der Waals surface area contributed by atoms with Crippen molar-refractivity contribution < 1.29 is 14.7 Å². The van der Waals surface area contributed by atoms with Gasteiger partial charge in [-0.1, -0.05) is 43.2 Å². The van der Waals surface area contributed by atoms with Crippen LogP contribution < -0.4 is 15.7 Å². The quantitative estimate of drug-likeness (QED) is 0.879. The van der Waals surface area contributed by atoms with Crippen molar-refractivity contribution in [2.24, 2.45) is 11.8 Å². The Morgan fingerprint density at radius 3 is 2.12 bits per heavy atom. The highest BCUT2D eigenvalue weighted by Crippen LogP contribution is 2.32. The lowest BCUT2D eigenvalue weighted by atomic mass is 9.78. The van der Waals surface area contributed by atoms with Crippen LogP contribution in [0.2, 0.25) is 0 Å². The largest absolute Gasteiger partial charge is 0.550 e. The minimum atomic E-state index is -1.13. The standard InChI is InChI=1S/C20H22N2O3/c23-19(15-10-4-5-11-16(15)20(24)25)22-18-13-7-6-12-17(18)21-14-8-2-1-3-9-14/h1-3,6-9,12-13,15-16,21H,4-5,10-11H2,(H,22,23)(H,24,25)/p-1/t15-,16+/m1/s1. The van der Waals surface area contributed by atoms with Crippen LogP contribution in [0.5, 0.6) is 0 Å². The third kappa shape index (κ3) is 4.18. The number of carbonyl (C=O) groups is 2. The summed E-state index contributed by atoms with van der Waals surface area (Å²) < 4.78 is 0. The molecule has 0 aliphatic heterocycles. The second kappa shape index (κ2) is 7.83. The highest BCUT2D eigenvalue weighted by atomic mass is 16.4. The molecule has 0 bridgehead atoms. The first-order chi connectivity index (χ1) is 12.1. The first-order valence-corrected chi connectivity index (χ1v) is 8.58. The third-order valence-corrected chi connectivity index (χ3v) is 4.64. The van der Waals surface area contributed by atoms with Gasteiger partial charge in [0.15, 0.2) is 0 Å². The number of anilines is 3. The van der Waals surface area contributed by atoms with Gasteiger partial charge in [0, 0.05) is 23.5 Å². The van der Waals surface area contributed by atoms with E-state index in [1.54, 1.807) is 6.07 Å². The van der Waals surface area contributed by atoms with E-state index in [0.717, 1.165) is 24.2 Å². The molecule has 5 heteroatoms. The molecule has 130 valence electrons. The van der Waals surface area contributed by atoms with Crippen molar-refractivity contribution in [3.8, 4) is 0 Å². The average molecular weight is 337 g/mol. The molecule has 0 unspecified atom stereocenters. The number of carboxylic acid groups (broad SMARTS) is 1. The minimum absolute atomic E-state index is 0.254. The molecule has 1 saturated carbocycles. The second-order valence-electron chi connectivity index (χ2n) is 6.34. The smallest absolute Gasteiger partial charge is 0.228 e. The molecular formula is C20H21N2O3-. The predicted molar refractivity (Wildman–Crippen MR) is 95.3 cm³/mol. The van der Waals surface area contributed by atoms with Crippen molar-refractivity contribution in [2.75, 3.05) is 10.6 Å². The number of para-hydroxylation sites is 3. The maximum Gasteiger partial charge on any atom is 0.228 e. The lowest BCUT2D eigenvalue weighted by molar-refractivity contribution is -0.313. The zero-order chi connectivity index (χ0) is 17.6. The van der Waals surface area contributed by atoms with Gasteiger partial charge in [-0.2, -0.15) is 0 Å². The summed E-state index contributed by atoms with van der Waals surface area (Å²) in [5.74, 6) is -2.63. The number of hydrogen-bond donors (Lipinski definition) is 2. The van der Waals surface area contributed by atoms with Crippen LogP contribution in [-0.4, -0.2) is 11.9 Å². The molecule has 1 amide bonds. The molecule has 2 aromatic rings. The molecule has 3 rings (SSSR count). The van der Waals surface area contributed by atoms with Gasteiger partial charge >= 0.3 is 0 Å². The van der Waals surface area contributed by atoms with Crippen LogP contribution in [0, 0.1) is 11.8 Å². The Hall–Kier alpha value is -2.82. The number of carbonyl (C=O) groups excluding carboxylic acids is 2. The maximum atomic E-state index is 12.7. The summed E-state index contributed by atoms with van der Waals surface area (Å²) in [5, 5.41) is 17.5. The molecule has 5 nitrogen and oxygen atoms in total. The summed E-state index contributed by atoms with van der Waals surface area (Å²) in [6.07, 6.45) is 2.78. The zero-order valence-electron chi connectivity index (χ0n) is 13.9. The minimum Gasteiger partial charge on any atom is -0.550 e. The lowest BCUT2D eigenvalue weighted by Crippen LogP contribution is -2.42. The van der Waals surface area contributed by atoms with Gasteiger partial charge in [-0.15, -0.1) is 0 Å². The van der Waals surface area contributed by atoms with Gasteiger partial charge in [-0.25, -0.2) is 0 Å². The van der Waals surface area contributed by atoms with Gasteiger partial charge < -0.3 is 20.5 Å². The second-order valence-corrected chi connectivity index (χ2v) is 6.34. The summed E-state index contributed by atoms with van der Waals surface area (Å²) in [6.45, 7) is 0. The molecule has 0 aromatic heterocycles. The third-order valence-electron chi connectivity index (χ3n) is 4.64. The first-order valence-electron chi connectivity index (χ1n) is 8.58. The topological polar surface area (TPSA) is 81.3 Å². The molecule has 2 N–H and O–H groups in total. The fraction of sp³-hybridized carbons (Fsp3) is 0.300. The van der Waals surface area contributed by atoms with Crippen molar-refractivity contribution in [1.29, 1.82) is 0 Å². The van der Waals surface area contributed by atoms with Crippen LogP contribution in [0.25, 0.3) is 0 Å². The normalized spacial score (nSPS) is 19.8. The maximum absolute atomic E-state index is 12.7. The molecule has 1 fully saturated rings. The monoisotopic (exact) mass is 337 g/mol. The van der Waals surface area contributed by atoms with Crippen LogP contribution >= 0.6 is 0 Å². The van der Waals surface area contributed by atoms with E-state index in [1.807, 2.05) is 48.5 Å². The van der Waals surface area contributed by atoms with E-state index >= 15 is 0 Å². The van der Waals surface area contributed by atoms with Crippen LogP contribution in [0.4, 0.5) is 17.1 Å². The zero-order valence-corrected chi connectivity index (χ0v) is 13.9. The summed E-state index contributed by atoms with van der Waals surface area (Å²) in [4.78, 5) is 24.0. The van der Waals surface area contributed by atoms with Crippen molar-refractivity contribution >= 4 is 28.9 Å². The molecule has 2 atom stereocenters. The highest BCUT2D eigenvalue weighted by molar-refractivity contribution is 5.98. The van der Waals surface area contributed by atoms with Crippen LogP contribution in [0.1, 0.15) is 25.7 Å². The van der Waals surface area contributed by atoms with E-state index in [9.17, 15) is 14.7 Å². The van der Waals surface area contributed by atoms with Crippen LogP contribution in [-0.2, 0) is 9.59 Å². The lowest BCUT2D eigenvalue weighted by Gasteiger charge is -2.31. The Balaban J connectivity index is 1.76. The fourth-order valence-electron chi connectivity index (χ4n) is 3.33. The highest BCUT2D eigenvalue weighted by Gasteiger charge is 2.32. The number of benzene rings is 2. The van der Waals surface area contributed by atoms with Crippen molar-refractivity contribution in [1.82, 2.24) is 0 Å². The average Bonchev–Trinajstić information content (AvgIpc) is 2.64. The fourth-order valence-corrected chi connectivity index (χ4v) is 3.33. The number of carboxylic acids is 1. The number of hydrogen-bond acceptors (Lipinski definition) is 4. The molecule has 0 radical (unpaired) electrons. The van der Waals surface area contributed by atoms with E-state index in [2.05, 4.69) is 10.6 Å². The summed E-state index contributed by atoms with van der Waals surface area (Å²) in [6, 6.07) is 17.1.